The molecule has 1 unspecified atom stereocenters. The molecule has 0 radical (unpaired) electrons. The van der Waals surface area contributed by atoms with Crippen molar-refractivity contribution in [2.45, 2.75) is 12.8 Å². The number of hydrogen-bond donors (Lipinski definition) is 0. The fraction of sp³-hybridized carbons (Fsp3) is 0.154. The van der Waals surface area contributed by atoms with Crippen molar-refractivity contribution in [3.63, 3.8) is 0 Å². The van der Waals surface area contributed by atoms with Crippen LogP contribution in [0.25, 0.3) is 0 Å². The lowest BCUT2D eigenvalue weighted by atomic mass is 9.95. The SMILES string of the molecule is Cc1ncc(C(=O)C(C#N)c2cccc(Cl)c2)s1. The van der Waals surface area contributed by atoms with Gasteiger partial charge in [-0.3, -0.25) is 4.79 Å². The van der Waals surface area contributed by atoms with Crippen LogP contribution in [0.5, 0.6) is 0 Å². The molecule has 18 heavy (non-hydrogen) atoms. The number of hydrogen-bond acceptors (Lipinski definition) is 4. The molecule has 1 aromatic heterocycles. The number of thiazole rings is 1. The first-order valence-electron chi connectivity index (χ1n) is 5.23. The summed E-state index contributed by atoms with van der Waals surface area (Å²) in [5.74, 6) is -1.06. The Kier molecular flexibility index (Phi) is 3.75. The molecule has 0 fully saturated rings. The second-order valence-corrected chi connectivity index (χ2v) is 5.40. The Morgan fingerprint density at radius 1 is 1.56 bits per heavy atom. The number of Topliss-reactive ketones (excluding diaryl/α,β-unsaturated/α-hetero) is 1. The molecule has 0 amide bonds. The second kappa shape index (κ2) is 5.30. The van der Waals surface area contributed by atoms with Crippen LogP contribution in [0.1, 0.15) is 26.2 Å². The predicted octanol–water partition coefficient (Wildman–Crippen LogP) is 3.60. The fourth-order valence-corrected chi connectivity index (χ4v) is 2.53. The largest absolute Gasteiger partial charge is 0.291 e. The standard InChI is InChI=1S/C13H9ClN2OS/c1-8-16-7-12(18-8)13(17)11(6-15)9-3-2-4-10(14)5-9/h2-5,7,11H,1H3. The van der Waals surface area contributed by atoms with Gasteiger partial charge < -0.3 is 0 Å². The normalized spacial score (nSPS) is 11.8. The maximum Gasteiger partial charge on any atom is 0.195 e. The monoisotopic (exact) mass is 276 g/mol. The second-order valence-electron chi connectivity index (χ2n) is 3.72. The van der Waals surface area contributed by atoms with Crippen molar-refractivity contribution in [2.24, 2.45) is 0 Å². The summed E-state index contributed by atoms with van der Waals surface area (Å²) in [5, 5.41) is 10.5. The van der Waals surface area contributed by atoms with E-state index in [-0.39, 0.29) is 5.78 Å². The highest BCUT2D eigenvalue weighted by atomic mass is 35.5. The van der Waals surface area contributed by atoms with Gasteiger partial charge in [0.25, 0.3) is 0 Å². The Labute approximate surface area is 114 Å². The average Bonchev–Trinajstić information content (AvgIpc) is 2.77. The zero-order valence-electron chi connectivity index (χ0n) is 9.55. The summed E-state index contributed by atoms with van der Waals surface area (Å²) >= 11 is 7.16. The van der Waals surface area contributed by atoms with Crippen LogP contribution >= 0.6 is 22.9 Å². The number of aryl methyl sites for hydroxylation is 1. The molecule has 0 aliphatic carbocycles. The van der Waals surface area contributed by atoms with Gasteiger partial charge in [0.1, 0.15) is 5.92 Å². The maximum absolute atomic E-state index is 12.2. The molecule has 90 valence electrons. The van der Waals surface area contributed by atoms with Crippen molar-refractivity contribution in [2.75, 3.05) is 0 Å². The summed E-state index contributed by atoms with van der Waals surface area (Å²) < 4.78 is 0. The summed E-state index contributed by atoms with van der Waals surface area (Å²) in [6.45, 7) is 1.82. The lowest BCUT2D eigenvalue weighted by Crippen LogP contribution is -2.09. The number of benzene rings is 1. The summed E-state index contributed by atoms with van der Waals surface area (Å²) in [4.78, 5) is 16.7. The van der Waals surface area contributed by atoms with Crippen LogP contribution in [0, 0.1) is 18.3 Å². The van der Waals surface area contributed by atoms with E-state index in [4.69, 9.17) is 11.6 Å². The van der Waals surface area contributed by atoms with Crippen LogP contribution in [0.3, 0.4) is 0 Å². The molecule has 2 aromatic rings. The van der Waals surface area contributed by atoms with Gasteiger partial charge in [-0.05, 0) is 24.6 Å². The molecule has 2 rings (SSSR count). The molecule has 0 aliphatic heterocycles. The highest BCUT2D eigenvalue weighted by Gasteiger charge is 2.23. The lowest BCUT2D eigenvalue weighted by molar-refractivity contribution is 0.0982. The Balaban J connectivity index is 2.35. The van der Waals surface area contributed by atoms with Crippen LogP contribution in [-0.2, 0) is 0 Å². The molecule has 0 aliphatic rings. The van der Waals surface area contributed by atoms with Crippen molar-refractivity contribution in [1.29, 1.82) is 5.26 Å². The summed E-state index contributed by atoms with van der Waals surface area (Å²) in [6.07, 6.45) is 1.51. The highest BCUT2D eigenvalue weighted by molar-refractivity contribution is 7.13. The third-order valence-electron chi connectivity index (χ3n) is 2.44. The Morgan fingerprint density at radius 2 is 2.33 bits per heavy atom. The number of nitrogens with zero attached hydrogens (tertiary/aromatic N) is 2. The number of nitriles is 1. The topological polar surface area (TPSA) is 53.8 Å². The Bertz CT molecular complexity index is 630. The number of aromatic nitrogens is 1. The van der Waals surface area contributed by atoms with Crippen molar-refractivity contribution >= 4 is 28.7 Å². The van der Waals surface area contributed by atoms with Crippen LogP contribution in [-0.4, -0.2) is 10.8 Å². The van der Waals surface area contributed by atoms with Crippen molar-refractivity contribution < 1.29 is 4.79 Å². The average molecular weight is 277 g/mol. The molecule has 0 bridgehead atoms. The number of rotatable bonds is 3. The molecule has 0 saturated carbocycles. The molecular formula is C13H9ClN2OS. The molecule has 0 saturated heterocycles. The van der Waals surface area contributed by atoms with E-state index in [1.54, 1.807) is 24.3 Å². The summed E-state index contributed by atoms with van der Waals surface area (Å²) in [6, 6.07) is 8.83. The molecule has 3 nitrogen and oxygen atoms in total. The van der Waals surface area contributed by atoms with Crippen LogP contribution in [0.15, 0.2) is 30.5 Å². The van der Waals surface area contributed by atoms with Gasteiger partial charge in [0.2, 0.25) is 0 Å². The van der Waals surface area contributed by atoms with E-state index in [0.29, 0.717) is 15.5 Å². The van der Waals surface area contributed by atoms with Gasteiger partial charge in [0.15, 0.2) is 5.78 Å². The van der Waals surface area contributed by atoms with E-state index >= 15 is 0 Å². The lowest BCUT2D eigenvalue weighted by Gasteiger charge is -2.06. The molecular weight excluding hydrogens is 268 g/mol. The summed E-state index contributed by atoms with van der Waals surface area (Å²) in [5.41, 5.74) is 0.612. The van der Waals surface area contributed by atoms with Gasteiger partial charge in [0, 0.05) is 11.2 Å². The van der Waals surface area contributed by atoms with E-state index in [0.717, 1.165) is 5.01 Å². The van der Waals surface area contributed by atoms with Gasteiger partial charge in [-0.25, -0.2) is 4.98 Å². The summed E-state index contributed by atoms with van der Waals surface area (Å²) in [7, 11) is 0. The van der Waals surface area contributed by atoms with Gasteiger partial charge >= 0.3 is 0 Å². The first-order valence-corrected chi connectivity index (χ1v) is 6.43. The molecule has 5 heteroatoms. The highest BCUT2D eigenvalue weighted by Crippen LogP contribution is 2.25. The first kappa shape index (κ1) is 12.7. The van der Waals surface area contributed by atoms with Crippen molar-refractivity contribution in [1.82, 2.24) is 4.98 Å². The fourth-order valence-electron chi connectivity index (χ4n) is 1.59. The van der Waals surface area contributed by atoms with Gasteiger partial charge in [-0.1, -0.05) is 23.7 Å². The van der Waals surface area contributed by atoms with Gasteiger partial charge in [-0.2, -0.15) is 5.26 Å². The number of carbonyl (C=O) groups is 1. The minimum Gasteiger partial charge on any atom is -0.291 e. The predicted molar refractivity (Wildman–Crippen MR) is 71.0 cm³/mol. The third kappa shape index (κ3) is 2.58. The van der Waals surface area contributed by atoms with Gasteiger partial charge in [0.05, 0.1) is 16.0 Å². The zero-order valence-corrected chi connectivity index (χ0v) is 11.1. The van der Waals surface area contributed by atoms with Crippen LogP contribution in [0.4, 0.5) is 0 Å². The Hall–Kier alpha value is -1.70. The van der Waals surface area contributed by atoms with Crippen LogP contribution in [0.2, 0.25) is 5.02 Å². The van der Waals surface area contributed by atoms with E-state index in [1.165, 1.54) is 17.5 Å². The van der Waals surface area contributed by atoms with Crippen molar-refractivity contribution in [3.8, 4) is 6.07 Å². The first-order chi connectivity index (χ1) is 8.61. The van der Waals surface area contributed by atoms with E-state index in [9.17, 15) is 10.1 Å². The van der Waals surface area contributed by atoms with E-state index < -0.39 is 5.92 Å². The third-order valence-corrected chi connectivity index (χ3v) is 3.60. The van der Waals surface area contributed by atoms with E-state index in [1.807, 2.05) is 13.0 Å². The molecule has 0 spiro atoms. The van der Waals surface area contributed by atoms with Crippen LogP contribution < -0.4 is 0 Å². The van der Waals surface area contributed by atoms with Gasteiger partial charge in [-0.15, -0.1) is 11.3 Å². The zero-order chi connectivity index (χ0) is 13.1. The Morgan fingerprint density at radius 3 is 2.89 bits per heavy atom. The number of ketones is 1. The molecule has 0 N–H and O–H groups in total. The quantitative estimate of drug-likeness (QED) is 0.805. The molecule has 1 aromatic carbocycles. The number of halogens is 1. The minimum atomic E-state index is -0.830. The maximum atomic E-state index is 12.2. The minimum absolute atomic E-state index is 0.231. The molecule has 1 atom stereocenters. The number of carbonyl (C=O) groups excluding carboxylic acids is 1. The van der Waals surface area contributed by atoms with Crippen molar-refractivity contribution in [3.05, 3.63) is 50.9 Å². The van der Waals surface area contributed by atoms with E-state index in [2.05, 4.69) is 4.98 Å². The molecule has 1 heterocycles. The smallest absolute Gasteiger partial charge is 0.195 e.